The predicted octanol–water partition coefficient (Wildman–Crippen LogP) is 3.33. The summed E-state index contributed by atoms with van der Waals surface area (Å²) in [5, 5.41) is 0. The van der Waals surface area contributed by atoms with Gasteiger partial charge in [-0.05, 0) is 64.4 Å². The van der Waals surface area contributed by atoms with Crippen LogP contribution < -0.4 is 10.5 Å². The molecule has 0 spiro atoms. The molecule has 3 heteroatoms. The van der Waals surface area contributed by atoms with Crippen molar-refractivity contribution in [1.29, 1.82) is 0 Å². The third-order valence-corrected chi connectivity index (χ3v) is 3.52. The van der Waals surface area contributed by atoms with E-state index in [1.807, 2.05) is 12.1 Å². The van der Waals surface area contributed by atoms with Gasteiger partial charge in [0.05, 0.1) is 12.8 Å². The Labute approximate surface area is 117 Å². The van der Waals surface area contributed by atoms with Crippen LogP contribution in [0, 0.1) is 0 Å². The monoisotopic (exact) mass is 264 g/mol. The summed E-state index contributed by atoms with van der Waals surface area (Å²) >= 11 is 0. The molecule has 0 fully saturated rings. The van der Waals surface area contributed by atoms with Gasteiger partial charge in [0.2, 0.25) is 0 Å². The molecule has 0 saturated heterocycles. The van der Waals surface area contributed by atoms with Gasteiger partial charge in [0.25, 0.3) is 0 Å². The zero-order valence-corrected chi connectivity index (χ0v) is 13.0. The van der Waals surface area contributed by atoms with Gasteiger partial charge in [0.15, 0.2) is 0 Å². The van der Waals surface area contributed by atoms with Crippen molar-refractivity contribution in [2.75, 3.05) is 25.9 Å². The topological polar surface area (TPSA) is 38.5 Å². The average molecular weight is 264 g/mol. The predicted molar refractivity (Wildman–Crippen MR) is 82.7 cm³/mol. The molecule has 0 aliphatic carbocycles. The molecule has 3 nitrogen and oxygen atoms in total. The summed E-state index contributed by atoms with van der Waals surface area (Å²) in [6.07, 6.45) is 2.21. The third-order valence-electron chi connectivity index (χ3n) is 3.52. The lowest BCUT2D eigenvalue weighted by atomic mass is 10.0. The Morgan fingerprint density at radius 1 is 1.26 bits per heavy atom. The fraction of sp³-hybridized carbons (Fsp3) is 0.625. The van der Waals surface area contributed by atoms with Crippen molar-refractivity contribution in [2.24, 2.45) is 0 Å². The molecule has 2 N–H and O–H groups in total. The van der Waals surface area contributed by atoms with E-state index in [2.05, 4.69) is 38.7 Å². The molecule has 1 rings (SSSR count). The molecule has 108 valence electrons. The molecule has 0 radical (unpaired) electrons. The summed E-state index contributed by atoms with van der Waals surface area (Å²) in [4.78, 5) is 2.50. The van der Waals surface area contributed by atoms with E-state index in [9.17, 15) is 0 Å². The Bertz CT molecular complexity index is 396. The fourth-order valence-corrected chi connectivity index (χ4v) is 2.38. The van der Waals surface area contributed by atoms with E-state index < -0.39 is 0 Å². The highest BCUT2D eigenvalue weighted by atomic mass is 16.5. The van der Waals surface area contributed by atoms with Gasteiger partial charge in [-0.2, -0.15) is 0 Å². The van der Waals surface area contributed by atoms with Gasteiger partial charge in [0.1, 0.15) is 5.75 Å². The number of hydrogen-bond acceptors (Lipinski definition) is 3. The van der Waals surface area contributed by atoms with Gasteiger partial charge in [-0.15, -0.1) is 0 Å². The van der Waals surface area contributed by atoms with E-state index in [-0.39, 0.29) is 5.54 Å². The van der Waals surface area contributed by atoms with Crippen molar-refractivity contribution < 1.29 is 4.74 Å². The first-order valence-electron chi connectivity index (χ1n) is 7.06. The van der Waals surface area contributed by atoms with Crippen molar-refractivity contribution in [1.82, 2.24) is 4.90 Å². The molecule has 0 aliphatic heterocycles. The van der Waals surface area contributed by atoms with E-state index in [1.165, 1.54) is 5.56 Å². The van der Waals surface area contributed by atoms with E-state index in [1.54, 1.807) is 7.11 Å². The maximum atomic E-state index is 5.92. The quantitative estimate of drug-likeness (QED) is 0.801. The van der Waals surface area contributed by atoms with Gasteiger partial charge in [-0.25, -0.2) is 0 Å². The summed E-state index contributed by atoms with van der Waals surface area (Å²) in [6, 6.07) is 6.07. The Kier molecular flexibility index (Phi) is 5.67. The number of rotatable bonds is 6. The number of nitrogen functional groups attached to an aromatic ring is 1. The van der Waals surface area contributed by atoms with Crippen molar-refractivity contribution in [3.63, 3.8) is 0 Å². The minimum Gasteiger partial charge on any atom is -0.495 e. The maximum absolute atomic E-state index is 5.92. The number of methoxy groups -OCH3 is 1. The van der Waals surface area contributed by atoms with E-state index >= 15 is 0 Å². The van der Waals surface area contributed by atoms with Crippen LogP contribution in [-0.4, -0.2) is 30.6 Å². The molecule has 0 atom stereocenters. The van der Waals surface area contributed by atoms with Crippen LogP contribution in [0.1, 0.15) is 39.7 Å². The van der Waals surface area contributed by atoms with Crippen molar-refractivity contribution in [3.05, 3.63) is 23.8 Å². The van der Waals surface area contributed by atoms with Crippen molar-refractivity contribution >= 4 is 5.69 Å². The second kappa shape index (κ2) is 6.80. The highest BCUT2D eigenvalue weighted by Crippen LogP contribution is 2.22. The molecule has 1 aromatic rings. The average Bonchev–Trinajstić information content (AvgIpc) is 2.33. The third kappa shape index (κ3) is 4.75. The Hall–Kier alpha value is -1.22. The number of anilines is 1. The summed E-state index contributed by atoms with van der Waals surface area (Å²) in [7, 11) is 1.65. The van der Waals surface area contributed by atoms with E-state index in [0.717, 1.165) is 37.4 Å². The minimum absolute atomic E-state index is 0.244. The normalized spacial score (nSPS) is 11.9. The highest BCUT2D eigenvalue weighted by Gasteiger charge is 2.18. The first kappa shape index (κ1) is 15.8. The molecule has 0 aromatic heterocycles. The largest absolute Gasteiger partial charge is 0.495 e. The number of ether oxygens (including phenoxy) is 1. The van der Waals surface area contributed by atoms with Gasteiger partial charge in [0, 0.05) is 5.54 Å². The van der Waals surface area contributed by atoms with Crippen LogP contribution in [0.3, 0.4) is 0 Å². The summed E-state index contributed by atoms with van der Waals surface area (Å²) in [6.45, 7) is 11.2. The summed E-state index contributed by atoms with van der Waals surface area (Å²) in [5.41, 5.74) is 8.17. The first-order chi connectivity index (χ1) is 8.88. The molecular weight excluding hydrogens is 236 g/mol. The van der Waals surface area contributed by atoms with Crippen LogP contribution in [0.25, 0.3) is 0 Å². The molecule has 0 heterocycles. The van der Waals surface area contributed by atoms with Gasteiger partial charge in [-0.1, -0.05) is 13.0 Å². The maximum Gasteiger partial charge on any atom is 0.141 e. The number of nitrogens with two attached hydrogens (primary N) is 1. The molecule has 1 aromatic carbocycles. The Morgan fingerprint density at radius 3 is 2.42 bits per heavy atom. The van der Waals surface area contributed by atoms with Gasteiger partial charge >= 0.3 is 0 Å². The lowest BCUT2D eigenvalue weighted by Gasteiger charge is -2.34. The SMILES string of the molecule is CCN(CCCc1ccc(OC)c(N)c1)C(C)(C)C. The van der Waals surface area contributed by atoms with Crippen LogP contribution in [0.2, 0.25) is 0 Å². The van der Waals surface area contributed by atoms with Crippen molar-refractivity contribution in [2.45, 2.75) is 46.1 Å². The minimum atomic E-state index is 0.244. The van der Waals surface area contributed by atoms with Crippen molar-refractivity contribution in [3.8, 4) is 5.75 Å². The number of aryl methyl sites for hydroxylation is 1. The lowest BCUT2D eigenvalue weighted by Crippen LogP contribution is -2.41. The second-order valence-electron chi connectivity index (χ2n) is 5.93. The Morgan fingerprint density at radius 2 is 1.95 bits per heavy atom. The van der Waals surface area contributed by atoms with E-state index in [0.29, 0.717) is 0 Å². The molecule has 0 unspecified atom stereocenters. The van der Waals surface area contributed by atoms with Crippen LogP contribution in [-0.2, 0) is 6.42 Å². The number of hydrogen-bond donors (Lipinski definition) is 1. The number of nitrogens with zero attached hydrogens (tertiary/aromatic N) is 1. The molecule has 0 aliphatic rings. The van der Waals surface area contributed by atoms with Gasteiger partial charge < -0.3 is 10.5 Å². The fourth-order valence-electron chi connectivity index (χ4n) is 2.38. The smallest absolute Gasteiger partial charge is 0.141 e. The molecule has 19 heavy (non-hydrogen) atoms. The highest BCUT2D eigenvalue weighted by molar-refractivity contribution is 5.54. The first-order valence-corrected chi connectivity index (χ1v) is 7.06. The van der Waals surface area contributed by atoms with Gasteiger partial charge in [-0.3, -0.25) is 4.90 Å². The van der Waals surface area contributed by atoms with E-state index in [4.69, 9.17) is 10.5 Å². The zero-order chi connectivity index (χ0) is 14.5. The van der Waals surface area contributed by atoms with Crippen LogP contribution in [0.15, 0.2) is 18.2 Å². The second-order valence-corrected chi connectivity index (χ2v) is 5.93. The molecule has 0 saturated carbocycles. The lowest BCUT2D eigenvalue weighted by molar-refractivity contribution is 0.143. The molecular formula is C16H28N2O. The molecule has 0 bridgehead atoms. The summed E-state index contributed by atoms with van der Waals surface area (Å²) < 4.78 is 5.17. The molecule has 0 amide bonds. The van der Waals surface area contributed by atoms with Crippen LogP contribution >= 0.6 is 0 Å². The van der Waals surface area contributed by atoms with Crippen LogP contribution in [0.4, 0.5) is 5.69 Å². The number of benzene rings is 1. The Balaban J connectivity index is 2.51. The zero-order valence-electron chi connectivity index (χ0n) is 13.0. The van der Waals surface area contributed by atoms with Crippen LogP contribution in [0.5, 0.6) is 5.75 Å². The standard InChI is InChI=1S/C16H28N2O/c1-6-18(16(2,3)4)11-7-8-13-9-10-15(19-5)14(17)12-13/h9-10,12H,6-8,11,17H2,1-5H3. The summed E-state index contributed by atoms with van der Waals surface area (Å²) in [5.74, 6) is 0.758.